The van der Waals surface area contributed by atoms with E-state index in [0.29, 0.717) is 10.6 Å². The van der Waals surface area contributed by atoms with Gasteiger partial charge in [-0.2, -0.15) is 4.90 Å². The number of carbonyl (C=O) groups is 3. The molecule has 0 saturated carbocycles. The normalized spacial score (nSPS) is 12.2. The minimum absolute atomic E-state index is 0.0621. The number of nitrogens with one attached hydrogen (secondary N) is 1. The van der Waals surface area contributed by atoms with E-state index in [1.165, 1.54) is 38.4 Å². The number of nitrogens with zero attached hydrogens (tertiary/aromatic N) is 4. The number of hydrogen-bond acceptors (Lipinski definition) is 10. The van der Waals surface area contributed by atoms with Crippen LogP contribution in [0.3, 0.4) is 0 Å². The molecule has 0 radical (unpaired) electrons. The first-order valence-corrected chi connectivity index (χ1v) is 13.9. The molecule has 3 rings (SSSR count). The predicted octanol–water partition coefficient (Wildman–Crippen LogP) is 7.40. The molecule has 1 atom stereocenters. The number of hydrogen-bond donors (Lipinski definition) is 1. The minimum Gasteiger partial charge on any atom is -0.482 e. The summed E-state index contributed by atoms with van der Waals surface area (Å²) in [4.78, 5) is 44.4. The molecule has 1 aromatic carbocycles. The van der Waals surface area contributed by atoms with E-state index in [1.807, 2.05) is 0 Å². The number of pyridine rings is 1. The third-order valence-electron chi connectivity index (χ3n) is 5.33. The van der Waals surface area contributed by atoms with Crippen LogP contribution in [-0.4, -0.2) is 51.6 Å². The lowest BCUT2D eigenvalue weighted by Crippen LogP contribution is -2.44. The third kappa shape index (κ3) is 8.89. The molecule has 0 aliphatic rings. The van der Waals surface area contributed by atoms with Gasteiger partial charge in [0.15, 0.2) is 11.4 Å². The number of methoxy groups -OCH3 is 1. The van der Waals surface area contributed by atoms with E-state index < -0.39 is 47.0 Å². The molecule has 44 heavy (non-hydrogen) atoms. The summed E-state index contributed by atoms with van der Waals surface area (Å²) >= 11 is 12.5. The lowest BCUT2D eigenvalue weighted by atomic mass is 10.1. The molecule has 1 unspecified atom stereocenters. The van der Waals surface area contributed by atoms with E-state index in [-0.39, 0.29) is 32.9 Å². The van der Waals surface area contributed by atoms with E-state index >= 15 is 0 Å². The maximum atomic E-state index is 14.4. The summed E-state index contributed by atoms with van der Waals surface area (Å²) in [5.41, 5.74) is -1.96. The monoisotopic (exact) mass is 651 g/mol. The SMILES string of the molecule is COc1cc(NC(=O)c2cc(OC(C)c3c(Cl)ccc(F)c3Cl)c(N(C(=O)OC(C)(C)C)C(=O)OC(C)(C)C)nn2)ccn1. The number of halogens is 3. The molecule has 15 heteroatoms. The first kappa shape index (κ1) is 34.3. The topological polar surface area (TPSA) is 142 Å². The van der Waals surface area contributed by atoms with Gasteiger partial charge in [0.05, 0.1) is 12.1 Å². The molecule has 236 valence electrons. The van der Waals surface area contributed by atoms with Crippen LogP contribution in [-0.2, 0) is 9.47 Å². The highest BCUT2D eigenvalue weighted by molar-refractivity contribution is 6.36. The molecule has 0 saturated heterocycles. The fourth-order valence-electron chi connectivity index (χ4n) is 3.54. The van der Waals surface area contributed by atoms with E-state index in [9.17, 15) is 18.8 Å². The van der Waals surface area contributed by atoms with E-state index in [4.69, 9.17) is 42.1 Å². The van der Waals surface area contributed by atoms with E-state index in [1.54, 1.807) is 41.5 Å². The quantitative estimate of drug-likeness (QED) is 0.257. The van der Waals surface area contributed by atoms with Gasteiger partial charge < -0.3 is 24.3 Å². The number of carbonyl (C=O) groups excluding carboxylic acids is 3. The van der Waals surface area contributed by atoms with Gasteiger partial charge in [-0.05, 0) is 66.7 Å². The van der Waals surface area contributed by atoms with Crippen LogP contribution in [0.25, 0.3) is 0 Å². The van der Waals surface area contributed by atoms with Gasteiger partial charge in [-0.15, -0.1) is 10.2 Å². The molecular weight excluding hydrogens is 620 g/mol. The molecule has 3 amide bonds. The minimum atomic E-state index is -1.17. The Bertz CT molecular complexity index is 1530. The average molecular weight is 653 g/mol. The number of amides is 3. The van der Waals surface area contributed by atoms with Crippen molar-refractivity contribution < 1.29 is 37.7 Å². The standard InChI is InChI=1S/C29H32Cl2FN5O7/c1-15(22-17(30)9-10-18(32)23(22)31)42-20-14-19(25(38)34-16-11-12-33-21(13-16)41-8)35-36-24(20)37(26(39)43-28(2,3)4)27(40)44-29(5,6)7/h9-15H,1-8H3,(H,33,34,38). The fraction of sp³-hybridized carbons (Fsp3) is 0.379. The summed E-state index contributed by atoms with van der Waals surface area (Å²) in [7, 11) is 1.42. The smallest absolute Gasteiger partial charge is 0.425 e. The Morgan fingerprint density at radius 1 is 0.955 bits per heavy atom. The number of rotatable bonds is 7. The molecule has 0 fully saturated rings. The summed E-state index contributed by atoms with van der Waals surface area (Å²) in [5.74, 6) is -2.04. The Balaban J connectivity index is 2.16. The van der Waals surface area contributed by atoms with Crippen LogP contribution in [0, 0.1) is 5.82 Å². The molecule has 0 bridgehead atoms. The highest BCUT2D eigenvalue weighted by Crippen LogP contribution is 2.38. The second-order valence-corrected chi connectivity index (χ2v) is 12.1. The van der Waals surface area contributed by atoms with Crippen molar-refractivity contribution in [2.24, 2.45) is 0 Å². The lowest BCUT2D eigenvalue weighted by Gasteiger charge is -2.29. The Morgan fingerprint density at radius 2 is 1.57 bits per heavy atom. The molecular formula is C29H32Cl2FN5O7. The summed E-state index contributed by atoms with van der Waals surface area (Å²) in [6, 6.07) is 6.50. The van der Waals surface area contributed by atoms with Crippen LogP contribution in [0.5, 0.6) is 11.6 Å². The van der Waals surface area contributed by atoms with Crippen molar-refractivity contribution in [2.45, 2.75) is 65.8 Å². The number of benzene rings is 1. The number of imide groups is 1. The first-order chi connectivity index (χ1) is 20.4. The number of aromatic nitrogens is 3. The molecule has 3 aromatic rings. The summed E-state index contributed by atoms with van der Waals surface area (Å²) in [5, 5.41) is 10.3. The largest absolute Gasteiger partial charge is 0.482 e. The summed E-state index contributed by atoms with van der Waals surface area (Å²) in [6.45, 7) is 11.1. The van der Waals surface area contributed by atoms with Gasteiger partial charge >= 0.3 is 12.2 Å². The zero-order valence-corrected chi connectivity index (χ0v) is 26.8. The van der Waals surface area contributed by atoms with Gasteiger partial charge in [-0.25, -0.2) is 19.0 Å². The third-order valence-corrected chi connectivity index (χ3v) is 6.04. The Kier molecular flexibility index (Phi) is 10.6. The van der Waals surface area contributed by atoms with Crippen molar-refractivity contribution in [3.63, 3.8) is 0 Å². The van der Waals surface area contributed by atoms with Gasteiger partial charge in [-0.3, -0.25) is 4.79 Å². The van der Waals surface area contributed by atoms with E-state index in [2.05, 4.69) is 20.5 Å². The average Bonchev–Trinajstić information content (AvgIpc) is 2.90. The molecule has 1 N–H and O–H groups in total. The van der Waals surface area contributed by atoms with Gasteiger partial charge in [0, 0.05) is 34.6 Å². The highest BCUT2D eigenvalue weighted by atomic mass is 35.5. The zero-order chi connectivity index (χ0) is 33.0. The fourth-order valence-corrected chi connectivity index (χ4v) is 4.22. The Morgan fingerprint density at radius 3 is 2.14 bits per heavy atom. The van der Waals surface area contributed by atoms with Crippen LogP contribution in [0.15, 0.2) is 36.5 Å². The maximum Gasteiger partial charge on any atom is 0.425 e. The van der Waals surface area contributed by atoms with Crippen LogP contribution < -0.4 is 19.7 Å². The predicted molar refractivity (Wildman–Crippen MR) is 161 cm³/mol. The van der Waals surface area contributed by atoms with Crippen LogP contribution in [0.2, 0.25) is 10.0 Å². The van der Waals surface area contributed by atoms with Gasteiger partial charge in [-0.1, -0.05) is 23.2 Å². The number of ether oxygens (including phenoxy) is 4. The van der Waals surface area contributed by atoms with Crippen molar-refractivity contribution in [3.05, 3.63) is 63.6 Å². The van der Waals surface area contributed by atoms with Crippen molar-refractivity contribution in [2.75, 3.05) is 17.3 Å². The Labute approximate surface area is 263 Å². The van der Waals surface area contributed by atoms with Crippen LogP contribution in [0.1, 0.15) is 70.6 Å². The van der Waals surface area contributed by atoms with Crippen LogP contribution in [0.4, 0.5) is 25.5 Å². The molecule has 0 aliphatic heterocycles. The Hall–Kier alpha value is -4.23. The lowest BCUT2D eigenvalue weighted by molar-refractivity contribution is 0.0425. The molecule has 0 aliphatic carbocycles. The van der Waals surface area contributed by atoms with Gasteiger partial charge in [0.2, 0.25) is 11.7 Å². The molecule has 0 spiro atoms. The van der Waals surface area contributed by atoms with Gasteiger partial charge in [0.25, 0.3) is 5.91 Å². The number of anilines is 2. The first-order valence-electron chi connectivity index (χ1n) is 13.2. The van der Waals surface area contributed by atoms with Gasteiger partial charge in [0.1, 0.15) is 23.1 Å². The summed E-state index contributed by atoms with van der Waals surface area (Å²) < 4.78 is 36.4. The maximum absolute atomic E-state index is 14.4. The second kappa shape index (κ2) is 13.6. The second-order valence-electron chi connectivity index (χ2n) is 11.3. The molecule has 2 aromatic heterocycles. The summed E-state index contributed by atoms with van der Waals surface area (Å²) in [6.07, 6.45) is -2.00. The van der Waals surface area contributed by atoms with Crippen molar-refractivity contribution in [1.29, 1.82) is 0 Å². The van der Waals surface area contributed by atoms with E-state index in [0.717, 1.165) is 12.1 Å². The van der Waals surface area contributed by atoms with Crippen molar-refractivity contribution >= 4 is 52.8 Å². The highest BCUT2D eigenvalue weighted by Gasteiger charge is 2.37. The molecule has 2 heterocycles. The molecule has 12 nitrogen and oxygen atoms in total. The van der Waals surface area contributed by atoms with Crippen molar-refractivity contribution in [1.82, 2.24) is 15.2 Å². The van der Waals surface area contributed by atoms with Crippen LogP contribution >= 0.6 is 23.2 Å². The van der Waals surface area contributed by atoms with Crippen molar-refractivity contribution in [3.8, 4) is 11.6 Å². The zero-order valence-electron chi connectivity index (χ0n) is 25.3.